The van der Waals surface area contributed by atoms with Crippen molar-refractivity contribution >= 4 is 21.6 Å². The lowest BCUT2D eigenvalue weighted by atomic mass is 10.2. The molecule has 1 aromatic carbocycles. The minimum Gasteiger partial charge on any atom is -0.381 e. The summed E-state index contributed by atoms with van der Waals surface area (Å²) in [5.74, 6) is -0.235. The van der Waals surface area contributed by atoms with Crippen molar-refractivity contribution in [2.45, 2.75) is 6.92 Å². The molecule has 0 bridgehead atoms. The SMILES string of the molecule is C=CCNc1cc(Br)c(F)cc1C. The van der Waals surface area contributed by atoms with Crippen molar-refractivity contribution in [3.8, 4) is 0 Å². The van der Waals surface area contributed by atoms with Gasteiger partial charge in [0.25, 0.3) is 0 Å². The van der Waals surface area contributed by atoms with Crippen LogP contribution in [0.15, 0.2) is 29.3 Å². The first-order chi connectivity index (χ1) is 6.15. The van der Waals surface area contributed by atoms with Crippen LogP contribution in [0.1, 0.15) is 5.56 Å². The van der Waals surface area contributed by atoms with Crippen molar-refractivity contribution < 1.29 is 4.39 Å². The molecule has 70 valence electrons. The zero-order valence-corrected chi connectivity index (χ0v) is 8.99. The Bertz CT molecular complexity index is 323. The first kappa shape index (κ1) is 10.3. The van der Waals surface area contributed by atoms with Crippen molar-refractivity contribution in [3.05, 3.63) is 40.6 Å². The Hall–Kier alpha value is -0.830. The second-order valence-electron chi connectivity index (χ2n) is 2.75. The van der Waals surface area contributed by atoms with Crippen molar-refractivity contribution in [2.75, 3.05) is 11.9 Å². The van der Waals surface area contributed by atoms with Gasteiger partial charge in [0.2, 0.25) is 0 Å². The Labute approximate surface area is 85.8 Å². The van der Waals surface area contributed by atoms with Crippen LogP contribution < -0.4 is 5.32 Å². The summed E-state index contributed by atoms with van der Waals surface area (Å²) < 4.78 is 13.5. The molecule has 0 fully saturated rings. The van der Waals surface area contributed by atoms with Crippen LogP contribution in [0.3, 0.4) is 0 Å². The van der Waals surface area contributed by atoms with Crippen molar-refractivity contribution in [1.29, 1.82) is 0 Å². The van der Waals surface area contributed by atoms with E-state index in [-0.39, 0.29) is 5.82 Å². The second kappa shape index (κ2) is 4.42. The van der Waals surface area contributed by atoms with Gasteiger partial charge in [-0.1, -0.05) is 6.08 Å². The highest BCUT2D eigenvalue weighted by molar-refractivity contribution is 9.10. The molecular formula is C10H11BrFN. The Morgan fingerprint density at radius 1 is 1.62 bits per heavy atom. The average Bonchev–Trinajstić information content (AvgIpc) is 2.09. The van der Waals surface area contributed by atoms with Crippen LogP contribution in [0.25, 0.3) is 0 Å². The summed E-state index contributed by atoms with van der Waals surface area (Å²) >= 11 is 3.13. The third kappa shape index (κ3) is 2.56. The van der Waals surface area contributed by atoms with Crippen LogP contribution in [-0.4, -0.2) is 6.54 Å². The predicted octanol–water partition coefficient (Wildman–Crippen LogP) is 3.49. The molecule has 1 N–H and O–H groups in total. The standard InChI is InChI=1S/C10H11BrFN/c1-3-4-13-10-6-8(11)9(12)5-7(10)2/h3,5-6,13H,1,4H2,2H3. The van der Waals surface area contributed by atoms with Gasteiger partial charge in [0.1, 0.15) is 5.82 Å². The fourth-order valence-electron chi connectivity index (χ4n) is 1.02. The number of hydrogen-bond donors (Lipinski definition) is 1. The van der Waals surface area contributed by atoms with E-state index in [4.69, 9.17) is 0 Å². The second-order valence-corrected chi connectivity index (χ2v) is 3.61. The normalized spacial score (nSPS) is 9.77. The fraction of sp³-hybridized carbons (Fsp3) is 0.200. The van der Waals surface area contributed by atoms with Crippen LogP contribution in [0.4, 0.5) is 10.1 Å². The Balaban J connectivity index is 2.94. The minimum absolute atomic E-state index is 0.235. The summed E-state index contributed by atoms with van der Waals surface area (Å²) in [6, 6.07) is 3.23. The summed E-state index contributed by atoms with van der Waals surface area (Å²) in [6.45, 7) is 6.14. The van der Waals surface area contributed by atoms with Gasteiger partial charge in [-0.05, 0) is 40.5 Å². The van der Waals surface area contributed by atoms with Gasteiger partial charge >= 0.3 is 0 Å². The van der Waals surface area contributed by atoms with Crippen LogP contribution >= 0.6 is 15.9 Å². The molecule has 0 aliphatic heterocycles. The quantitative estimate of drug-likeness (QED) is 0.802. The van der Waals surface area contributed by atoms with Gasteiger partial charge in [0.15, 0.2) is 0 Å². The highest BCUT2D eigenvalue weighted by Crippen LogP contribution is 2.23. The van der Waals surface area contributed by atoms with Crippen LogP contribution in [0.5, 0.6) is 0 Å². The zero-order valence-electron chi connectivity index (χ0n) is 7.40. The molecule has 0 amide bonds. The lowest BCUT2D eigenvalue weighted by molar-refractivity contribution is 0.620. The van der Waals surface area contributed by atoms with E-state index in [0.717, 1.165) is 11.3 Å². The molecular weight excluding hydrogens is 233 g/mol. The number of aryl methyl sites for hydroxylation is 1. The molecule has 0 atom stereocenters. The Morgan fingerprint density at radius 2 is 2.31 bits per heavy atom. The zero-order chi connectivity index (χ0) is 9.84. The maximum Gasteiger partial charge on any atom is 0.137 e. The Morgan fingerprint density at radius 3 is 2.92 bits per heavy atom. The van der Waals surface area contributed by atoms with Gasteiger partial charge in [0.05, 0.1) is 4.47 Å². The molecule has 0 heterocycles. The summed E-state index contributed by atoms with van der Waals surface area (Å²) in [4.78, 5) is 0. The summed E-state index contributed by atoms with van der Waals surface area (Å²) in [7, 11) is 0. The van der Waals surface area contributed by atoms with Gasteiger partial charge in [-0.15, -0.1) is 6.58 Å². The summed E-state index contributed by atoms with van der Waals surface area (Å²) in [5.41, 5.74) is 1.82. The lowest BCUT2D eigenvalue weighted by Crippen LogP contribution is -2.00. The molecule has 0 saturated heterocycles. The van der Waals surface area contributed by atoms with Gasteiger partial charge in [-0.3, -0.25) is 0 Å². The molecule has 3 heteroatoms. The largest absolute Gasteiger partial charge is 0.381 e. The monoisotopic (exact) mass is 243 g/mol. The molecule has 1 nitrogen and oxygen atoms in total. The first-order valence-corrected chi connectivity index (χ1v) is 4.75. The van der Waals surface area contributed by atoms with Crippen molar-refractivity contribution in [2.24, 2.45) is 0 Å². The summed E-state index contributed by atoms with van der Waals surface area (Å²) in [5, 5.41) is 3.12. The number of nitrogens with one attached hydrogen (secondary N) is 1. The van der Waals surface area contributed by atoms with Crippen LogP contribution in [0, 0.1) is 12.7 Å². The molecule has 0 aliphatic rings. The smallest absolute Gasteiger partial charge is 0.137 e. The van der Waals surface area contributed by atoms with Crippen molar-refractivity contribution in [1.82, 2.24) is 0 Å². The number of anilines is 1. The third-order valence-electron chi connectivity index (χ3n) is 1.70. The van der Waals surface area contributed by atoms with E-state index in [1.54, 1.807) is 12.1 Å². The van der Waals surface area contributed by atoms with E-state index in [2.05, 4.69) is 27.8 Å². The maximum atomic E-state index is 13.0. The number of benzene rings is 1. The number of halogens is 2. The molecule has 0 aliphatic carbocycles. The minimum atomic E-state index is -0.235. The third-order valence-corrected chi connectivity index (χ3v) is 2.31. The van der Waals surface area contributed by atoms with Crippen LogP contribution in [0.2, 0.25) is 0 Å². The van der Waals surface area contributed by atoms with Gasteiger partial charge in [-0.25, -0.2) is 4.39 Å². The Kier molecular flexibility index (Phi) is 3.48. The van der Waals surface area contributed by atoms with E-state index >= 15 is 0 Å². The molecule has 13 heavy (non-hydrogen) atoms. The highest BCUT2D eigenvalue weighted by atomic mass is 79.9. The van der Waals surface area contributed by atoms with Gasteiger partial charge in [0, 0.05) is 12.2 Å². The summed E-state index contributed by atoms with van der Waals surface area (Å²) in [6.07, 6.45) is 1.76. The molecule has 1 rings (SSSR count). The fourth-order valence-corrected chi connectivity index (χ4v) is 1.36. The van der Waals surface area contributed by atoms with Gasteiger partial charge < -0.3 is 5.32 Å². The van der Waals surface area contributed by atoms with E-state index < -0.39 is 0 Å². The number of hydrogen-bond acceptors (Lipinski definition) is 1. The molecule has 1 aromatic rings. The topological polar surface area (TPSA) is 12.0 Å². The number of rotatable bonds is 3. The average molecular weight is 244 g/mol. The molecule has 0 unspecified atom stereocenters. The molecule has 0 spiro atoms. The van der Waals surface area contributed by atoms with Gasteiger partial charge in [-0.2, -0.15) is 0 Å². The first-order valence-electron chi connectivity index (χ1n) is 3.95. The molecule has 0 aromatic heterocycles. The van der Waals surface area contributed by atoms with E-state index in [1.165, 1.54) is 6.07 Å². The molecule has 0 radical (unpaired) electrons. The van der Waals surface area contributed by atoms with Crippen molar-refractivity contribution in [3.63, 3.8) is 0 Å². The maximum absolute atomic E-state index is 13.0. The van der Waals surface area contributed by atoms with E-state index in [1.807, 2.05) is 6.92 Å². The van der Waals surface area contributed by atoms with E-state index in [9.17, 15) is 4.39 Å². The van der Waals surface area contributed by atoms with E-state index in [0.29, 0.717) is 11.0 Å². The molecule has 0 saturated carbocycles. The van der Waals surface area contributed by atoms with Crippen LogP contribution in [-0.2, 0) is 0 Å². The lowest BCUT2D eigenvalue weighted by Gasteiger charge is -2.08. The predicted molar refractivity (Wildman–Crippen MR) is 57.5 cm³/mol. The highest BCUT2D eigenvalue weighted by Gasteiger charge is 2.03.